The molecular weight excluding hydrogens is 332 g/mol. The Bertz CT molecular complexity index is 610. The van der Waals surface area contributed by atoms with E-state index in [1.54, 1.807) is 31.2 Å². The molecule has 4 amide bonds. The molecule has 0 atom stereocenters. The summed E-state index contributed by atoms with van der Waals surface area (Å²) in [5.41, 5.74) is 1.15. The zero-order chi connectivity index (χ0) is 18.8. The Kier molecular flexibility index (Phi) is 7.92. The molecule has 142 valence electrons. The van der Waals surface area contributed by atoms with E-state index in [1.807, 2.05) is 0 Å². The molecule has 1 aliphatic carbocycles. The van der Waals surface area contributed by atoms with E-state index in [4.69, 9.17) is 0 Å². The molecule has 0 saturated heterocycles. The zero-order valence-electron chi connectivity index (χ0n) is 15.3. The maximum atomic E-state index is 12.0. The van der Waals surface area contributed by atoms with Crippen LogP contribution in [0.25, 0.3) is 0 Å². The second kappa shape index (κ2) is 10.4. The third-order valence-electron chi connectivity index (χ3n) is 4.40. The van der Waals surface area contributed by atoms with Crippen molar-refractivity contribution in [1.82, 2.24) is 16.0 Å². The summed E-state index contributed by atoms with van der Waals surface area (Å²) >= 11 is 0. The normalized spacial score (nSPS) is 14.3. The van der Waals surface area contributed by atoms with Crippen molar-refractivity contribution in [3.05, 3.63) is 29.8 Å². The van der Waals surface area contributed by atoms with Crippen molar-refractivity contribution in [3.8, 4) is 0 Å². The summed E-state index contributed by atoms with van der Waals surface area (Å²) in [5.74, 6) is -0.255. The van der Waals surface area contributed by atoms with Crippen LogP contribution in [0.3, 0.4) is 0 Å². The van der Waals surface area contributed by atoms with Crippen LogP contribution in [0.4, 0.5) is 10.5 Å². The van der Waals surface area contributed by atoms with Gasteiger partial charge in [0.1, 0.15) is 0 Å². The number of nitrogens with one attached hydrogen (secondary N) is 4. The Labute approximate surface area is 154 Å². The van der Waals surface area contributed by atoms with Crippen molar-refractivity contribution >= 4 is 23.5 Å². The number of carbonyl (C=O) groups excluding carboxylic acids is 3. The molecule has 0 bridgehead atoms. The van der Waals surface area contributed by atoms with Crippen LogP contribution in [0, 0.1) is 0 Å². The van der Waals surface area contributed by atoms with Crippen LogP contribution >= 0.6 is 0 Å². The van der Waals surface area contributed by atoms with Gasteiger partial charge >= 0.3 is 6.03 Å². The van der Waals surface area contributed by atoms with E-state index >= 15 is 0 Å². The maximum Gasteiger partial charge on any atom is 0.319 e. The minimum absolute atomic E-state index is 0.0406. The predicted octanol–water partition coefficient (Wildman–Crippen LogP) is 2.40. The first-order valence-electron chi connectivity index (χ1n) is 9.31. The van der Waals surface area contributed by atoms with Gasteiger partial charge in [-0.2, -0.15) is 0 Å². The molecular formula is C19H28N4O3. The van der Waals surface area contributed by atoms with Crippen molar-refractivity contribution in [1.29, 1.82) is 0 Å². The molecule has 0 heterocycles. The fraction of sp³-hybridized carbons (Fsp3) is 0.526. The number of carbonyl (C=O) groups is 3. The number of hydrogen-bond acceptors (Lipinski definition) is 3. The van der Waals surface area contributed by atoms with Gasteiger partial charge < -0.3 is 21.3 Å². The highest BCUT2D eigenvalue weighted by molar-refractivity contribution is 5.95. The summed E-state index contributed by atoms with van der Waals surface area (Å²) in [7, 11) is 0. The van der Waals surface area contributed by atoms with Crippen LogP contribution in [-0.2, 0) is 4.79 Å². The van der Waals surface area contributed by atoms with Crippen LogP contribution in [0.15, 0.2) is 24.3 Å². The average molecular weight is 360 g/mol. The molecule has 1 fully saturated rings. The molecule has 0 spiro atoms. The van der Waals surface area contributed by atoms with Gasteiger partial charge in [0, 0.05) is 36.8 Å². The number of urea groups is 1. The molecule has 26 heavy (non-hydrogen) atoms. The van der Waals surface area contributed by atoms with Gasteiger partial charge in [-0.3, -0.25) is 9.59 Å². The standard InChI is InChI=1S/C19H28N4O3/c1-2-17(24)20-12-13-21-18(25)14-8-10-16(11-9-14)23-19(26)22-15-6-4-3-5-7-15/h8-11,15H,2-7,12-13H2,1H3,(H,20,24)(H,21,25)(H2,22,23,26). The first kappa shape index (κ1) is 19.8. The van der Waals surface area contributed by atoms with E-state index in [0.717, 1.165) is 25.7 Å². The first-order valence-corrected chi connectivity index (χ1v) is 9.31. The molecule has 7 nitrogen and oxygen atoms in total. The lowest BCUT2D eigenvalue weighted by Crippen LogP contribution is -2.39. The van der Waals surface area contributed by atoms with Gasteiger partial charge in [-0.15, -0.1) is 0 Å². The number of anilines is 1. The smallest absolute Gasteiger partial charge is 0.319 e. The van der Waals surface area contributed by atoms with Crippen LogP contribution < -0.4 is 21.3 Å². The molecule has 1 aliphatic rings. The van der Waals surface area contributed by atoms with Crippen molar-refractivity contribution in [3.63, 3.8) is 0 Å². The van der Waals surface area contributed by atoms with E-state index in [9.17, 15) is 14.4 Å². The summed E-state index contributed by atoms with van der Waals surface area (Å²) < 4.78 is 0. The molecule has 1 saturated carbocycles. The summed E-state index contributed by atoms with van der Waals surface area (Å²) in [6.07, 6.45) is 6.06. The summed E-state index contributed by atoms with van der Waals surface area (Å²) in [5, 5.41) is 11.2. The molecule has 4 N–H and O–H groups in total. The van der Waals surface area contributed by atoms with Gasteiger partial charge in [0.2, 0.25) is 5.91 Å². The molecule has 0 aliphatic heterocycles. The van der Waals surface area contributed by atoms with Gasteiger partial charge in [0.15, 0.2) is 0 Å². The fourth-order valence-electron chi connectivity index (χ4n) is 2.91. The Morgan fingerprint density at radius 2 is 1.62 bits per heavy atom. The van der Waals surface area contributed by atoms with Gasteiger partial charge in [-0.05, 0) is 37.1 Å². The van der Waals surface area contributed by atoms with E-state index in [2.05, 4.69) is 21.3 Å². The van der Waals surface area contributed by atoms with Crippen LogP contribution in [-0.4, -0.2) is 37.0 Å². The molecule has 0 aromatic heterocycles. The largest absolute Gasteiger partial charge is 0.354 e. The monoisotopic (exact) mass is 360 g/mol. The van der Waals surface area contributed by atoms with E-state index in [0.29, 0.717) is 30.8 Å². The van der Waals surface area contributed by atoms with Crippen molar-refractivity contribution in [2.75, 3.05) is 18.4 Å². The highest BCUT2D eigenvalue weighted by Gasteiger charge is 2.15. The topological polar surface area (TPSA) is 99.3 Å². The predicted molar refractivity (Wildman–Crippen MR) is 101 cm³/mol. The summed E-state index contributed by atoms with van der Waals surface area (Å²) in [6.45, 7) is 2.55. The Balaban J connectivity index is 1.73. The second-order valence-corrected chi connectivity index (χ2v) is 6.47. The van der Waals surface area contributed by atoms with Gasteiger partial charge in [-0.1, -0.05) is 26.2 Å². The van der Waals surface area contributed by atoms with Gasteiger partial charge in [-0.25, -0.2) is 4.79 Å². The third kappa shape index (κ3) is 6.74. The van der Waals surface area contributed by atoms with Gasteiger partial charge in [0.05, 0.1) is 0 Å². The molecule has 7 heteroatoms. The van der Waals surface area contributed by atoms with Crippen LogP contribution in [0.1, 0.15) is 55.8 Å². The SMILES string of the molecule is CCC(=O)NCCNC(=O)c1ccc(NC(=O)NC2CCCCC2)cc1. The third-order valence-corrected chi connectivity index (χ3v) is 4.40. The van der Waals surface area contributed by atoms with Crippen molar-refractivity contribution < 1.29 is 14.4 Å². The number of hydrogen-bond donors (Lipinski definition) is 4. The minimum atomic E-state index is -0.214. The lowest BCUT2D eigenvalue weighted by atomic mass is 9.96. The average Bonchev–Trinajstić information content (AvgIpc) is 2.66. The van der Waals surface area contributed by atoms with E-state index in [-0.39, 0.29) is 23.9 Å². The Hall–Kier alpha value is -2.57. The van der Waals surface area contributed by atoms with Gasteiger partial charge in [0.25, 0.3) is 5.91 Å². The minimum Gasteiger partial charge on any atom is -0.354 e. The van der Waals surface area contributed by atoms with Crippen molar-refractivity contribution in [2.24, 2.45) is 0 Å². The Morgan fingerprint density at radius 1 is 0.962 bits per heavy atom. The molecule has 1 aromatic carbocycles. The molecule has 1 aromatic rings. The number of benzene rings is 1. The van der Waals surface area contributed by atoms with E-state index in [1.165, 1.54) is 6.42 Å². The number of amides is 4. The summed E-state index contributed by atoms with van der Waals surface area (Å²) in [6, 6.07) is 6.78. The fourth-order valence-corrected chi connectivity index (χ4v) is 2.91. The molecule has 0 unspecified atom stereocenters. The number of rotatable bonds is 7. The first-order chi connectivity index (χ1) is 12.6. The van der Waals surface area contributed by atoms with Crippen LogP contribution in [0.2, 0.25) is 0 Å². The van der Waals surface area contributed by atoms with Crippen LogP contribution in [0.5, 0.6) is 0 Å². The zero-order valence-corrected chi connectivity index (χ0v) is 15.3. The quantitative estimate of drug-likeness (QED) is 0.562. The molecule has 2 rings (SSSR count). The highest BCUT2D eigenvalue weighted by atomic mass is 16.2. The lowest BCUT2D eigenvalue weighted by Gasteiger charge is -2.22. The molecule has 0 radical (unpaired) electrons. The second-order valence-electron chi connectivity index (χ2n) is 6.47. The lowest BCUT2D eigenvalue weighted by molar-refractivity contribution is -0.120. The van der Waals surface area contributed by atoms with E-state index < -0.39 is 0 Å². The Morgan fingerprint density at radius 3 is 2.27 bits per heavy atom. The van der Waals surface area contributed by atoms with Crippen molar-refractivity contribution in [2.45, 2.75) is 51.5 Å². The summed E-state index contributed by atoms with van der Waals surface area (Å²) in [4.78, 5) is 35.2. The highest BCUT2D eigenvalue weighted by Crippen LogP contribution is 2.17. The maximum absolute atomic E-state index is 12.0.